The van der Waals surface area contributed by atoms with E-state index in [-0.39, 0.29) is 24.5 Å². The Morgan fingerprint density at radius 2 is 1.88 bits per heavy atom. The summed E-state index contributed by atoms with van der Waals surface area (Å²) in [5.41, 5.74) is 5.34. The number of carbonyl (C=O) groups excluding carboxylic acids is 1. The first-order chi connectivity index (χ1) is 19.0. The van der Waals surface area contributed by atoms with Gasteiger partial charge in [0.1, 0.15) is 5.78 Å². The Morgan fingerprint density at radius 3 is 2.62 bits per heavy atom. The van der Waals surface area contributed by atoms with Gasteiger partial charge < -0.3 is 5.32 Å². The highest BCUT2D eigenvalue weighted by molar-refractivity contribution is 5.86. The van der Waals surface area contributed by atoms with Crippen LogP contribution in [-0.2, 0) is 24.4 Å². The molecule has 0 saturated heterocycles. The third-order valence-corrected chi connectivity index (χ3v) is 6.87. The van der Waals surface area contributed by atoms with Crippen molar-refractivity contribution in [3.05, 3.63) is 102 Å². The molecule has 0 saturated carbocycles. The lowest BCUT2D eigenvalue weighted by Gasteiger charge is -2.15. The normalized spacial score (nSPS) is 12.4. The van der Waals surface area contributed by atoms with E-state index >= 15 is 0 Å². The number of aromatic nitrogens is 4. The maximum atomic E-state index is 13.0. The van der Waals surface area contributed by atoms with Crippen molar-refractivity contribution in [3.63, 3.8) is 0 Å². The zero-order chi connectivity index (χ0) is 28.4. The Morgan fingerprint density at radius 1 is 1.05 bits per heavy atom. The Balaban J connectivity index is 1.31. The molecule has 2 heterocycles. The standard InChI is InChI=1S/C31H28F3N5O/c1-19-7-8-22(20(2)11-27(40)13-21-5-4-6-25(12-21)31(32,33)34)15-28(19)23-9-10-29-24(14-23)16-35-30(38-29)37-26-17-36-39(3)18-26/h4-10,12,14-18,20H,11,13H2,1-3H3,(H,35,37,38). The number of alkyl halides is 3. The number of hydrogen-bond donors (Lipinski definition) is 1. The smallest absolute Gasteiger partial charge is 0.321 e. The average Bonchev–Trinajstić information content (AvgIpc) is 3.32. The molecule has 0 aliphatic heterocycles. The van der Waals surface area contributed by atoms with Gasteiger partial charge in [0.05, 0.1) is 23.0 Å². The summed E-state index contributed by atoms with van der Waals surface area (Å²) in [6.45, 7) is 3.99. The summed E-state index contributed by atoms with van der Waals surface area (Å²) >= 11 is 0. The van der Waals surface area contributed by atoms with Crippen LogP contribution in [0.3, 0.4) is 0 Å². The molecular weight excluding hydrogens is 515 g/mol. The monoisotopic (exact) mass is 543 g/mol. The van der Waals surface area contributed by atoms with E-state index < -0.39 is 11.7 Å². The summed E-state index contributed by atoms with van der Waals surface area (Å²) in [4.78, 5) is 21.8. The average molecular weight is 544 g/mol. The number of Topliss-reactive ketones (excluding diaryl/α,β-unsaturated/α-hetero) is 1. The summed E-state index contributed by atoms with van der Waals surface area (Å²) in [5.74, 6) is 0.283. The predicted octanol–water partition coefficient (Wildman–Crippen LogP) is 7.41. The second kappa shape index (κ2) is 10.9. The third kappa shape index (κ3) is 6.20. The van der Waals surface area contributed by atoms with Crippen molar-refractivity contribution in [2.24, 2.45) is 7.05 Å². The molecule has 0 spiro atoms. The van der Waals surface area contributed by atoms with Crippen LogP contribution in [0.2, 0.25) is 0 Å². The fraction of sp³-hybridized carbons (Fsp3) is 0.226. The number of benzene rings is 3. The van der Waals surface area contributed by atoms with Crippen LogP contribution in [0.1, 0.15) is 41.5 Å². The summed E-state index contributed by atoms with van der Waals surface area (Å²) < 4.78 is 40.8. The fourth-order valence-corrected chi connectivity index (χ4v) is 4.75. The van der Waals surface area contributed by atoms with Gasteiger partial charge in [0.15, 0.2) is 0 Å². The molecule has 3 aromatic carbocycles. The molecule has 0 aliphatic carbocycles. The first kappa shape index (κ1) is 27.1. The lowest BCUT2D eigenvalue weighted by Crippen LogP contribution is -2.10. The lowest BCUT2D eigenvalue weighted by molar-refractivity contribution is -0.137. The van der Waals surface area contributed by atoms with E-state index in [1.807, 2.05) is 57.4 Å². The number of fused-ring (bicyclic) bond motifs is 1. The van der Waals surface area contributed by atoms with Crippen molar-refractivity contribution in [1.29, 1.82) is 0 Å². The number of nitrogens with zero attached hydrogens (tertiary/aromatic N) is 4. The molecule has 0 amide bonds. The minimum atomic E-state index is -4.43. The number of rotatable bonds is 8. The minimum absolute atomic E-state index is 0.0325. The Bertz CT molecular complexity index is 1690. The number of aryl methyl sites for hydroxylation is 2. The number of ketones is 1. The van der Waals surface area contributed by atoms with E-state index in [0.29, 0.717) is 11.5 Å². The van der Waals surface area contributed by atoms with Crippen molar-refractivity contribution in [2.75, 3.05) is 5.32 Å². The molecule has 0 radical (unpaired) electrons. The van der Waals surface area contributed by atoms with Crippen molar-refractivity contribution in [3.8, 4) is 11.1 Å². The molecule has 9 heteroatoms. The largest absolute Gasteiger partial charge is 0.416 e. The van der Waals surface area contributed by atoms with Crippen molar-refractivity contribution >= 4 is 28.3 Å². The van der Waals surface area contributed by atoms with Crippen molar-refractivity contribution < 1.29 is 18.0 Å². The zero-order valence-electron chi connectivity index (χ0n) is 22.3. The van der Waals surface area contributed by atoms with Gasteiger partial charge in [0.25, 0.3) is 0 Å². The van der Waals surface area contributed by atoms with Gasteiger partial charge in [0, 0.05) is 37.7 Å². The minimum Gasteiger partial charge on any atom is -0.321 e. The van der Waals surface area contributed by atoms with Gasteiger partial charge in [-0.1, -0.05) is 49.4 Å². The van der Waals surface area contributed by atoms with Gasteiger partial charge >= 0.3 is 6.18 Å². The Kier molecular flexibility index (Phi) is 7.38. The van der Waals surface area contributed by atoms with Gasteiger partial charge in [-0.2, -0.15) is 18.3 Å². The maximum absolute atomic E-state index is 13.0. The first-order valence-corrected chi connectivity index (χ1v) is 12.9. The molecular formula is C31H28F3N5O. The number of anilines is 2. The molecule has 40 heavy (non-hydrogen) atoms. The van der Waals surface area contributed by atoms with Crippen LogP contribution in [0.5, 0.6) is 0 Å². The lowest BCUT2D eigenvalue weighted by atomic mass is 9.89. The van der Waals surface area contributed by atoms with E-state index in [9.17, 15) is 18.0 Å². The van der Waals surface area contributed by atoms with Crippen LogP contribution in [0.4, 0.5) is 24.8 Å². The summed E-state index contributed by atoms with van der Waals surface area (Å²) in [7, 11) is 1.84. The SMILES string of the molecule is Cc1ccc(C(C)CC(=O)Cc2cccc(C(F)(F)F)c2)cc1-c1ccc2nc(Nc3cnn(C)c3)ncc2c1. The molecule has 5 rings (SSSR count). The molecule has 1 N–H and O–H groups in total. The molecule has 0 aliphatic rings. The fourth-order valence-electron chi connectivity index (χ4n) is 4.75. The van der Waals surface area contributed by atoms with Crippen LogP contribution in [0.25, 0.3) is 22.0 Å². The molecule has 204 valence electrons. The molecule has 0 bridgehead atoms. The molecule has 0 fully saturated rings. The van der Waals surface area contributed by atoms with Crippen molar-refractivity contribution in [2.45, 2.75) is 38.8 Å². The van der Waals surface area contributed by atoms with Gasteiger partial charge in [-0.3, -0.25) is 9.48 Å². The Hall–Kier alpha value is -4.53. The Labute approximate surface area is 229 Å². The van der Waals surface area contributed by atoms with Gasteiger partial charge in [-0.25, -0.2) is 9.97 Å². The number of carbonyl (C=O) groups is 1. The highest BCUT2D eigenvalue weighted by Gasteiger charge is 2.30. The van der Waals surface area contributed by atoms with Crippen LogP contribution in [0, 0.1) is 6.92 Å². The third-order valence-electron chi connectivity index (χ3n) is 6.87. The van der Waals surface area contributed by atoms with E-state index in [1.165, 1.54) is 6.07 Å². The second-order valence-corrected chi connectivity index (χ2v) is 10.1. The predicted molar refractivity (Wildman–Crippen MR) is 149 cm³/mol. The zero-order valence-corrected chi connectivity index (χ0v) is 22.3. The first-order valence-electron chi connectivity index (χ1n) is 12.9. The van der Waals surface area contributed by atoms with Gasteiger partial charge in [0.2, 0.25) is 5.95 Å². The van der Waals surface area contributed by atoms with E-state index in [0.717, 1.165) is 51.0 Å². The van der Waals surface area contributed by atoms with Crippen LogP contribution in [-0.4, -0.2) is 25.5 Å². The van der Waals surface area contributed by atoms with Crippen LogP contribution < -0.4 is 5.32 Å². The second-order valence-electron chi connectivity index (χ2n) is 10.1. The van der Waals surface area contributed by atoms with Crippen LogP contribution >= 0.6 is 0 Å². The maximum Gasteiger partial charge on any atom is 0.416 e. The van der Waals surface area contributed by atoms with E-state index in [4.69, 9.17) is 0 Å². The highest BCUT2D eigenvalue weighted by atomic mass is 19.4. The van der Waals surface area contributed by atoms with E-state index in [2.05, 4.69) is 26.4 Å². The van der Waals surface area contributed by atoms with Gasteiger partial charge in [-0.15, -0.1) is 0 Å². The van der Waals surface area contributed by atoms with Crippen molar-refractivity contribution in [1.82, 2.24) is 19.7 Å². The summed E-state index contributed by atoms with van der Waals surface area (Å²) in [6, 6.07) is 17.1. The molecule has 6 nitrogen and oxygen atoms in total. The number of halogens is 3. The number of nitrogens with one attached hydrogen (secondary N) is 1. The molecule has 5 aromatic rings. The highest BCUT2D eigenvalue weighted by Crippen LogP contribution is 2.32. The van der Waals surface area contributed by atoms with E-state index in [1.54, 1.807) is 23.1 Å². The van der Waals surface area contributed by atoms with Crippen LogP contribution in [0.15, 0.2) is 79.3 Å². The molecule has 1 unspecified atom stereocenters. The topological polar surface area (TPSA) is 72.7 Å². The summed E-state index contributed by atoms with van der Waals surface area (Å²) in [5, 5.41) is 8.18. The van der Waals surface area contributed by atoms with Gasteiger partial charge in [-0.05, 0) is 58.9 Å². The quantitative estimate of drug-likeness (QED) is 0.221. The molecule has 2 aromatic heterocycles. The summed E-state index contributed by atoms with van der Waals surface area (Å²) in [6.07, 6.45) is 1.09. The number of hydrogen-bond acceptors (Lipinski definition) is 5. The molecule has 1 atom stereocenters.